The van der Waals surface area contributed by atoms with Crippen LogP contribution >= 0.6 is 0 Å². The Morgan fingerprint density at radius 1 is 1.68 bits per heavy atom. The predicted octanol–water partition coefficient (Wildman–Crippen LogP) is 1.37. The van der Waals surface area contributed by atoms with Gasteiger partial charge in [-0.15, -0.1) is 0 Å². The number of nitriles is 1. The van der Waals surface area contributed by atoms with Crippen LogP contribution in [0.15, 0.2) is 12.3 Å². The van der Waals surface area contributed by atoms with Crippen LogP contribution in [0.5, 0.6) is 0 Å². The van der Waals surface area contributed by atoms with E-state index in [0.717, 1.165) is 6.54 Å². The molecule has 1 heterocycles. The van der Waals surface area contributed by atoms with Crippen LogP contribution in [0.1, 0.15) is 18.4 Å². The monoisotopic (exact) mass is 261 g/mol. The van der Waals surface area contributed by atoms with Gasteiger partial charge in [-0.2, -0.15) is 5.26 Å². The number of nitro groups is 1. The van der Waals surface area contributed by atoms with Crippen LogP contribution in [0.3, 0.4) is 0 Å². The zero-order chi connectivity index (χ0) is 13.8. The Bertz CT molecular complexity index is 521. The van der Waals surface area contributed by atoms with Crippen LogP contribution in [0.2, 0.25) is 0 Å². The van der Waals surface area contributed by atoms with E-state index >= 15 is 0 Å². The summed E-state index contributed by atoms with van der Waals surface area (Å²) >= 11 is 0. The summed E-state index contributed by atoms with van der Waals surface area (Å²) < 4.78 is 0. The highest BCUT2D eigenvalue weighted by Gasteiger charge is 2.25. The number of pyridine rings is 1. The first-order valence-corrected chi connectivity index (χ1v) is 6.10. The second kappa shape index (κ2) is 5.63. The number of anilines is 1. The third-order valence-corrected chi connectivity index (χ3v) is 3.12. The van der Waals surface area contributed by atoms with Crippen LogP contribution in [0, 0.1) is 21.4 Å². The molecule has 1 fully saturated rings. The van der Waals surface area contributed by atoms with Crippen molar-refractivity contribution in [2.45, 2.75) is 18.9 Å². The van der Waals surface area contributed by atoms with Crippen molar-refractivity contribution in [3.63, 3.8) is 0 Å². The molecule has 2 rings (SSSR count). The molecule has 1 aromatic rings. The van der Waals surface area contributed by atoms with Crippen molar-refractivity contribution in [2.75, 3.05) is 25.5 Å². The molecule has 0 aromatic carbocycles. The summed E-state index contributed by atoms with van der Waals surface area (Å²) in [6.07, 6.45) is 3.79. The maximum Gasteiger partial charge on any atom is 0.312 e. The van der Waals surface area contributed by atoms with Gasteiger partial charge in [-0.05, 0) is 19.9 Å². The lowest BCUT2D eigenvalue weighted by Crippen LogP contribution is -2.27. The second-order valence-electron chi connectivity index (χ2n) is 4.60. The molecular weight excluding hydrogens is 246 g/mol. The van der Waals surface area contributed by atoms with Gasteiger partial charge in [-0.3, -0.25) is 10.1 Å². The summed E-state index contributed by atoms with van der Waals surface area (Å²) in [4.78, 5) is 16.5. The molecule has 0 bridgehead atoms. The van der Waals surface area contributed by atoms with E-state index < -0.39 is 4.92 Å². The van der Waals surface area contributed by atoms with Gasteiger partial charge in [0, 0.05) is 31.4 Å². The van der Waals surface area contributed by atoms with Crippen molar-refractivity contribution < 1.29 is 4.92 Å². The zero-order valence-corrected chi connectivity index (χ0v) is 10.7. The molecule has 1 aliphatic carbocycles. The minimum absolute atomic E-state index is 0.159. The van der Waals surface area contributed by atoms with Crippen LogP contribution < -0.4 is 5.32 Å². The van der Waals surface area contributed by atoms with Crippen molar-refractivity contribution in [3.8, 4) is 6.07 Å². The molecule has 0 amide bonds. The second-order valence-corrected chi connectivity index (χ2v) is 4.60. The smallest absolute Gasteiger partial charge is 0.312 e. The summed E-state index contributed by atoms with van der Waals surface area (Å²) in [5, 5.41) is 22.6. The highest BCUT2D eigenvalue weighted by molar-refractivity contribution is 5.58. The van der Waals surface area contributed by atoms with Gasteiger partial charge in [0.2, 0.25) is 5.82 Å². The summed E-state index contributed by atoms with van der Waals surface area (Å²) in [5.74, 6) is 0.216. The van der Waals surface area contributed by atoms with E-state index in [-0.39, 0.29) is 17.1 Å². The van der Waals surface area contributed by atoms with Crippen molar-refractivity contribution in [3.05, 3.63) is 27.9 Å². The van der Waals surface area contributed by atoms with E-state index in [1.54, 1.807) is 0 Å². The van der Waals surface area contributed by atoms with Gasteiger partial charge in [-0.1, -0.05) is 0 Å². The summed E-state index contributed by atoms with van der Waals surface area (Å²) in [6, 6.07) is 3.74. The molecule has 7 heteroatoms. The van der Waals surface area contributed by atoms with Gasteiger partial charge in [0.25, 0.3) is 0 Å². The fraction of sp³-hybridized carbons (Fsp3) is 0.500. The molecule has 0 aliphatic heterocycles. The molecule has 0 saturated heterocycles. The average Bonchev–Trinajstić information content (AvgIpc) is 3.23. The van der Waals surface area contributed by atoms with Gasteiger partial charge in [0.1, 0.15) is 6.07 Å². The first kappa shape index (κ1) is 13.2. The Morgan fingerprint density at radius 3 is 3.00 bits per heavy atom. The molecule has 100 valence electrons. The van der Waals surface area contributed by atoms with Gasteiger partial charge >= 0.3 is 5.69 Å². The molecule has 0 radical (unpaired) electrons. The van der Waals surface area contributed by atoms with Crippen molar-refractivity contribution in [2.24, 2.45) is 0 Å². The number of hydrogen-bond donors (Lipinski definition) is 1. The van der Waals surface area contributed by atoms with Gasteiger partial charge in [0.05, 0.1) is 10.5 Å². The molecule has 0 unspecified atom stereocenters. The zero-order valence-electron chi connectivity index (χ0n) is 10.7. The number of likely N-dealkylation sites (N-methyl/N-ethyl adjacent to an activating group) is 1. The minimum Gasteiger partial charge on any atom is -0.363 e. The van der Waals surface area contributed by atoms with Crippen molar-refractivity contribution in [1.29, 1.82) is 5.26 Å². The number of nitrogens with one attached hydrogen (secondary N) is 1. The minimum atomic E-state index is -0.527. The number of hydrogen-bond acceptors (Lipinski definition) is 6. The summed E-state index contributed by atoms with van der Waals surface area (Å²) in [6.45, 7) is 1.40. The molecule has 1 aliphatic rings. The SMILES string of the molecule is CN(CCNc1ncc(C#N)cc1[N+](=O)[O-])C1CC1. The van der Waals surface area contributed by atoms with E-state index in [1.807, 2.05) is 13.1 Å². The highest BCUT2D eigenvalue weighted by atomic mass is 16.6. The molecule has 19 heavy (non-hydrogen) atoms. The molecular formula is C12H15N5O2. The van der Waals surface area contributed by atoms with E-state index in [0.29, 0.717) is 12.6 Å². The lowest BCUT2D eigenvalue weighted by atomic mass is 10.3. The van der Waals surface area contributed by atoms with E-state index in [2.05, 4.69) is 15.2 Å². The lowest BCUT2D eigenvalue weighted by molar-refractivity contribution is -0.384. The Kier molecular flexibility index (Phi) is 3.92. The largest absolute Gasteiger partial charge is 0.363 e. The summed E-state index contributed by atoms with van der Waals surface area (Å²) in [7, 11) is 2.04. The third kappa shape index (κ3) is 3.39. The Labute approximate surface area is 111 Å². The highest BCUT2D eigenvalue weighted by Crippen LogP contribution is 2.25. The normalized spacial score (nSPS) is 14.2. The first-order valence-electron chi connectivity index (χ1n) is 6.10. The fourth-order valence-electron chi connectivity index (χ4n) is 1.84. The fourth-order valence-corrected chi connectivity index (χ4v) is 1.84. The first-order chi connectivity index (χ1) is 9.11. The molecule has 7 nitrogen and oxygen atoms in total. The van der Waals surface area contributed by atoms with Crippen LogP contribution in [-0.2, 0) is 0 Å². The van der Waals surface area contributed by atoms with Crippen LogP contribution in [-0.4, -0.2) is 41.0 Å². The van der Waals surface area contributed by atoms with Crippen molar-refractivity contribution in [1.82, 2.24) is 9.88 Å². The maximum absolute atomic E-state index is 10.9. The van der Waals surface area contributed by atoms with E-state index in [9.17, 15) is 10.1 Å². The molecule has 0 atom stereocenters. The molecule has 1 aromatic heterocycles. The Balaban J connectivity index is 1.98. The Hall–Kier alpha value is -2.20. The lowest BCUT2D eigenvalue weighted by Gasteiger charge is -2.15. The average molecular weight is 261 g/mol. The van der Waals surface area contributed by atoms with E-state index in [4.69, 9.17) is 5.26 Å². The molecule has 1 N–H and O–H groups in total. The number of aromatic nitrogens is 1. The Morgan fingerprint density at radius 2 is 2.42 bits per heavy atom. The summed E-state index contributed by atoms with van der Waals surface area (Å²) in [5.41, 5.74) is 0.0282. The standard InChI is InChI=1S/C12H15N5O2/c1-16(10-2-3-10)5-4-14-12-11(17(18)19)6-9(7-13)8-15-12/h6,8,10H,2-5H2,1H3,(H,14,15). The van der Waals surface area contributed by atoms with E-state index in [1.165, 1.54) is 25.1 Å². The van der Waals surface area contributed by atoms with Gasteiger partial charge in [-0.25, -0.2) is 4.98 Å². The third-order valence-electron chi connectivity index (χ3n) is 3.12. The molecule has 1 saturated carbocycles. The number of rotatable bonds is 6. The van der Waals surface area contributed by atoms with Crippen LogP contribution in [0.4, 0.5) is 11.5 Å². The number of nitrogens with zero attached hydrogens (tertiary/aromatic N) is 4. The quantitative estimate of drug-likeness (QED) is 0.613. The predicted molar refractivity (Wildman–Crippen MR) is 69.7 cm³/mol. The van der Waals surface area contributed by atoms with Gasteiger partial charge in [0.15, 0.2) is 0 Å². The van der Waals surface area contributed by atoms with Crippen molar-refractivity contribution >= 4 is 11.5 Å². The maximum atomic E-state index is 10.9. The molecule has 0 spiro atoms. The van der Waals surface area contributed by atoms with Gasteiger partial charge < -0.3 is 10.2 Å². The topological polar surface area (TPSA) is 95.1 Å². The van der Waals surface area contributed by atoms with Crippen LogP contribution in [0.25, 0.3) is 0 Å².